The predicted octanol–water partition coefficient (Wildman–Crippen LogP) is 4.57. The molecule has 40 heavy (non-hydrogen) atoms. The number of aromatic nitrogens is 1. The van der Waals surface area contributed by atoms with Crippen LogP contribution in [0, 0.1) is 6.92 Å². The van der Waals surface area contributed by atoms with E-state index in [9.17, 15) is 18.0 Å². The van der Waals surface area contributed by atoms with Gasteiger partial charge in [0.25, 0.3) is 15.9 Å². The molecule has 0 bridgehead atoms. The molecular formula is C30H34N4O5S. The summed E-state index contributed by atoms with van der Waals surface area (Å²) in [5, 5.41) is 3.94. The number of aromatic amines is 1. The first-order chi connectivity index (χ1) is 19.0. The van der Waals surface area contributed by atoms with Crippen LogP contribution >= 0.6 is 0 Å². The topological polar surface area (TPSA) is 121 Å². The molecule has 0 spiro atoms. The van der Waals surface area contributed by atoms with Crippen LogP contribution in [-0.2, 0) is 16.4 Å². The quantitative estimate of drug-likeness (QED) is 0.276. The summed E-state index contributed by atoms with van der Waals surface area (Å²) in [5.41, 5.74) is 4.70. The summed E-state index contributed by atoms with van der Waals surface area (Å²) in [6.45, 7) is 4.25. The molecule has 3 amide bonds. The van der Waals surface area contributed by atoms with Crippen molar-refractivity contribution >= 4 is 32.9 Å². The molecule has 0 aliphatic carbocycles. The Morgan fingerprint density at radius 3 is 2.48 bits per heavy atom. The standard InChI is InChI=1S/C30H34N4O5S/c1-19-8-6-7-9-28(19)40(37,38)33-29(35)22-11-12-23(27(17-22)39-5)20(2)25-18-32-26-13-10-21(16-24(25)26)14-15-31-30(36)34(3)4/h6-13,16-18,20,32H,14-15H2,1-5H3,(H,31,36)(H,33,35). The van der Waals surface area contributed by atoms with Crippen LogP contribution in [0.5, 0.6) is 5.75 Å². The Bertz CT molecular complexity index is 1660. The number of hydrogen-bond donors (Lipinski definition) is 3. The average Bonchev–Trinajstić information content (AvgIpc) is 3.35. The molecule has 0 radical (unpaired) electrons. The summed E-state index contributed by atoms with van der Waals surface area (Å²) in [6, 6.07) is 17.5. The van der Waals surface area contributed by atoms with Gasteiger partial charge in [0.05, 0.1) is 12.0 Å². The molecule has 3 N–H and O–H groups in total. The predicted molar refractivity (Wildman–Crippen MR) is 155 cm³/mol. The molecule has 1 heterocycles. The van der Waals surface area contributed by atoms with Crippen molar-refractivity contribution in [3.63, 3.8) is 0 Å². The van der Waals surface area contributed by atoms with Gasteiger partial charge in [-0.3, -0.25) is 4.79 Å². The van der Waals surface area contributed by atoms with Gasteiger partial charge in [0.2, 0.25) is 0 Å². The molecular weight excluding hydrogens is 528 g/mol. The normalized spacial score (nSPS) is 12.1. The average molecular weight is 563 g/mol. The first-order valence-corrected chi connectivity index (χ1v) is 14.4. The lowest BCUT2D eigenvalue weighted by Crippen LogP contribution is -2.35. The van der Waals surface area contributed by atoms with E-state index in [2.05, 4.69) is 21.1 Å². The van der Waals surface area contributed by atoms with Gasteiger partial charge in [-0.05, 0) is 60.4 Å². The molecule has 0 fully saturated rings. The van der Waals surface area contributed by atoms with E-state index >= 15 is 0 Å². The highest BCUT2D eigenvalue weighted by atomic mass is 32.2. The van der Waals surface area contributed by atoms with Crippen LogP contribution in [0.1, 0.15) is 45.5 Å². The van der Waals surface area contributed by atoms with E-state index in [1.54, 1.807) is 57.4 Å². The van der Waals surface area contributed by atoms with Gasteiger partial charge in [0, 0.05) is 54.8 Å². The summed E-state index contributed by atoms with van der Waals surface area (Å²) >= 11 is 0. The smallest absolute Gasteiger partial charge is 0.316 e. The lowest BCUT2D eigenvalue weighted by atomic mass is 9.90. The first-order valence-electron chi connectivity index (χ1n) is 12.9. The fourth-order valence-corrected chi connectivity index (χ4v) is 5.87. The Morgan fingerprint density at radius 1 is 1.02 bits per heavy atom. The van der Waals surface area contributed by atoms with Crippen molar-refractivity contribution < 1.29 is 22.7 Å². The Labute approximate surface area is 234 Å². The van der Waals surface area contributed by atoms with Gasteiger partial charge in [0.1, 0.15) is 5.75 Å². The molecule has 1 atom stereocenters. The van der Waals surface area contributed by atoms with Gasteiger partial charge in [-0.1, -0.05) is 37.3 Å². The maximum atomic E-state index is 12.9. The number of benzene rings is 3. The maximum Gasteiger partial charge on any atom is 0.316 e. The molecule has 10 heteroatoms. The number of aryl methyl sites for hydroxylation is 1. The third-order valence-corrected chi connectivity index (χ3v) is 8.40. The highest BCUT2D eigenvalue weighted by molar-refractivity contribution is 7.90. The molecule has 0 saturated carbocycles. The zero-order valence-corrected chi connectivity index (χ0v) is 24.1. The zero-order valence-electron chi connectivity index (χ0n) is 23.2. The van der Waals surface area contributed by atoms with Crippen LogP contribution in [0.3, 0.4) is 0 Å². The fourth-order valence-electron chi connectivity index (χ4n) is 4.65. The summed E-state index contributed by atoms with van der Waals surface area (Å²) in [6.07, 6.45) is 2.65. The maximum absolute atomic E-state index is 12.9. The van der Waals surface area contributed by atoms with E-state index in [-0.39, 0.29) is 22.4 Å². The van der Waals surface area contributed by atoms with Gasteiger partial charge in [-0.2, -0.15) is 0 Å². The Morgan fingerprint density at radius 2 is 1.77 bits per heavy atom. The highest BCUT2D eigenvalue weighted by Crippen LogP contribution is 2.36. The molecule has 0 aliphatic heterocycles. The Hall–Kier alpha value is -4.31. The number of nitrogens with zero attached hydrogens (tertiary/aromatic N) is 1. The minimum absolute atomic E-state index is 0.0549. The summed E-state index contributed by atoms with van der Waals surface area (Å²) < 4.78 is 33.4. The van der Waals surface area contributed by atoms with E-state index in [0.717, 1.165) is 27.6 Å². The number of fused-ring (bicyclic) bond motifs is 1. The van der Waals surface area contributed by atoms with Crippen LogP contribution in [-0.4, -0.2) is 58.0 Å². The molecule has 1 aromatic heterocycles. The minimum atomic E-state index is -4.03. The number of methoxy groups -OCH3 is 1. The number of carbonyl (C=O) groups is 2. The number of hydrogen-bond acceptors (Lipinski definition) is 5. The number of rotatable bonds is 9. The second kappa shape index (κ2) is 11.8. The van der Waals surface area contributed by atoms with Crippen molar-refractivity contribution in [1.82, 2.24) is 19.9 Å². The lowest BCUT2D eigenvalue weighted by molar-refractivity contribution is 0.0981. The van der Waals surface area contributed by atoms with Gasteiger partial charge >= 0.3 is 6.03 Å². The van der Waals surface area contributed by atoms with Gasteiger partial charge in [-0.15, -0.1) is 0 Å². The fraction of sp³-hybridized carbons (Fsp3) is 0.267. The molecule has 210 valence electrons. The van der Waals surface area contributed by atoms with Crippen molar-refractivity contribution in [3.05, 3.63) is 94.7 Å². The molecule has 4 rings (SSSR count). The SMILES string of the molecule is COc1cc(C(=O)NS(=O)(=O)c2ccccc2C)ccc1C(C)c1c[nH]c2ccc(CCNC(=O)N(C)C)cc12. The number of amides is 3. The third kappa shape index (κ3) is 6.12. The van der Waals surface area contributed by atoms with Gasteiger partial charge < -0.3 is 19.9 Å². The first kappa shape index (κ1) is 28.7. The second-order valence-corrected chi connectivity index (χ2v) is 11.5. The molecule has 1 unspecified atom stereocenters. The van der Waals surface area contributed by atoms with E-state index in [1.807, 2.05) is 25.3 Å². The van der Waals surface area contributed by atoms with Crippen molar-refractivity contribution in [3.8, 4) is 5.75 Å². The largest absolute Gasteiger partial charge is 0.496 e. The van der Waals surface area contributed by atoms with Gasteiger partial charge in [0.15, 0.2) is 0 Å². The highest BCUT2D eigenvalue weighted by Gasteiger charge is 2.23. The summed E-state index contributed by atoms with van der Waals surface area (Å²) in [5.74, 6) is -0.357. The second-order valence-electron chi connectivity index (χ2n) is 9.88. The molecule has 3 aromatic carbocycles. The van der Waals surface area contributed by atoms with Crippen molar-refractivity contribution in [2.24, 2.45) is 0 Å². The van der Waals surface area contributed by atoms with E-state index in [0.29, 0.717) is 24.3 Å². The van der Waals surface area contributed by atoms with Crippen LogP contribution < -0.4 is 14.8 Å². The van der Waals surface area contributed by atoms with E-state index < -0.39 is 15.9 Å². The monoisotopic (exact) mass is 562 g/mol. The number of nitrogens with one attached hydrogen (secondary N) is 3. The summed E-state index contributed by atoms with van der Waals surface area (Å²) in [7, 11) is 0.894. The van der Waals surface area contributed by atoms with Crippen molar-refractivity contribution in [1.29, 1.82) is 0 Å². The van der Waals surface area contributed by atoms with Crippen molar-refractivity contribution in [2.45, 2.75) is 31.1 Å². The number of urea groups is 1. The van der Waals surface area contributed by atoms with Crippen LogP contribution in [0.25, 0.3) is 10.9 Å². The van der Waals surface area contributed by atoms with Crippen LogP contribution in [0.4, 0.5) is 4.79 Å². The van der Waals surface area contributed by atoms with Gasteiger partial charge in [-0.25, -0.2) is 17.9 Å². The Balaban J connectivity index is 1.56. The van der Waals surface area contributed by atoms with Crippen LogP contribution in [0.15, 0.2) is 71.8 Å². The van der Waals surface area contributed by atoms with Crippen LogP contribution in [0.2, 0.25) is 0 Å². The summed E-state index contributed by atoms with van der Waals surface area (Å²) in [4.78, 5) is 29.6. The lowest BCUT2D eigenvalue weighted by Gasteiger charge is -2.17. The van der Waals surface area contributed by atoms with E-state index in [1.165, 1.54) is 18.1 Å². The minimum Gasteiger partial charge on any atom is -0.496 e. The zero-order chi connectivity index (χ0) is 29.0. The number of ether oxygens (including phenoxy) is 1. The molecule has 0 aliphatic rings. The number of H-pyrrole nitrogens is 1. The number of sulfonamides is 1. The van der Waals surface area contributed by atoms with Crippen molar-refractivity contribution in [2.75, 3.05) is 27.7 Å². The third-order valence-electron chi connectivity index (χ3n) is 6.91. The molecule has 9 nitrogen and oxygen atoms in total. The molecule has 0 saturated heterocycles. The number of carbonyl (C=O) groups excluding carboxylic acids is 2. The van der Waals surface area contributed by atoms with E-state index in [4.69, 9.17) is 4.74 Å². The Kier molecular flexibility index (Phi) is 8.49. The molecule has 4 aromatic rings.